The molecule has 0 unspecified atom stereocenters. The van der Waals surface area contributed by atoms with Crippen LogP contribution >= 0.6 is 11.6 Å². The van der Waals surface area contributed by atoms with Crippen molar-refractivity contribution in [2.45, 2.75) is 37.8 Å². The van der Waals surface area contributed by atoms with Crippen LogP contribution in [0.25, 0.3) is 0 Å². The van der Waals surface area contributed by atoms with Crippen molar-refractivity contribution < 1.29 is 22.4 Å². The van der Waals surface area contributed by atoms with Gasteiger partial charge in [-0.1, -0.05) is 23.7 Å². The monoisotopic (exact) mass is 428 g/mol. The van der Waals surface area contributed by atoms with Gasteiger partial charge in [0.2, 0.25) is 5.91 Å². The molecule has 0 radical (unpaired) electrons. The number of halogens is 5. The van der Waals surface area contributed by atoms with Crippen LogP contribution in [-0.4, -0.2) is 12.5 Å². The molecule has 0 saturated heterocycles. The molecule has 1 amide bonds. The Balaban J connectivity index is 1.71. The Labute approximate surface area is 171 Å². The zero-order valence-electron chi connectivity index (χ0n) is 15.5. The van der Waals surface area contributed by atoms with Gasteiger partial charge in [0.15, 0.2) is 0 Å². The van der Waals surface area contributed by atoms with Crippen LogP contribution in [0.2, 0.25) is 5.02 Å². The van der Waals surface area contributed by atoms with Gasteiger partial charge < -0.3 is 11.1 Å². The van der Waals surface area contributed by atoms with Crippen molar-refractivity contribution in [3.05, 3.63) is 63.9 Å². The number of alkyl halides is 3. The van der Waals surface area contributed by atoms with E-state index in [0.717, 1.165) is 18.9 Å². The number of nitrogens with one attached hydrogen (secondary N) is 1. The number of hydrogen-bond donors (Lipinski definition) is 2. The van der Waals surface area contributed by atoms with Crippen LogP contribution in [0.15, 0.2) is 36.4 Å². The van der Waals surface area contributed by atoms with Crippen molar-refractivity contribution in [3.63, 3.8) is 0 Å². The molecule has 0 spiro atoms. The summed E-state index contributed by atoms with van der Waals surface area (Å²) in [4.78, 5) is 11.6. The summed E-state index contributed by atoms with van der Waals surface area (Å²) in [7, 11) is 0. The molecule has 0 bridgehead atoms. The number of anilines is 1. The molecular formula is C21H21ClF4N2O. The standard InChI is InChI=1S/C21H21ClF4N2O/c22-19-15(9-14(21(24,25)26)10-16(19)20(27)29)13-7-5-12(6-8-13)11-28-18-4-2-1-3-17(18)23/h1-4,9-10,12-13,28H,5-8,11H2,(H2,27,29). The molecule has 3 rings (SSSR count). The van der Waals surface area contributed by atoms with Gasteiger partial charge in [0.05, 0.1) is 21.8 Å². The third-order valence-electron chi connectivity index (χ3n) is 5.44. The van der Waals surface area contributed by atoms with E-state index in [1.54, 1.807) is 18.2 Å². The lowest BCUT2D eigenvalue weighted by molar-refractivity contribution is -0.137. The van der Waals surface area contributed by atoms with Gasteiger partial charge in [-0.25, -0.2) is 4.39 Å². The maximum atomic E-state index is 13.7. The van der Waals surface area contributed by atoms with Gasteiger partial charge in [-0.3, -0.25) is 4.79 Å². The summed E-state index contributed by atoms with van der Waals surface area (Å²) in [5.41, 5.74) is 4.74. The van der Waals surface area contributed by atoms with Crippen LogP contribution in [0.4, 0.5) is 23.2 Å². The highest BCUT2D eigenvalue weighted by molar-refractivity contribution is 6.34. The molecule has 8 heteroatoms. The summed E-state index contributed by atoms with van der Waals surface area (Å²) >= 11 is 6.23. The van der Waals surface area contributed by atoms with Crippen LogP contribution in [0.3, 0.4) is 0 Å². The minimum absolute atomic E-state index is 0.00145. The van der Waals surface area contributed by atoms with E-state index in [1.165, 1.54) is 6.07 Å². The van der Waals surface area contributed by atoms with Gasteiger partial charge in [-0.15, -0.1) is 0 Å². The second-order valence-electron chi connectivity index (χ2n) is 7.37. The first-order valence-electron chi connectivity index (χ1n) is 9.35. The highest BCUT2D eigenvalue weighted by atomic mass is 35.5. The van der Waals surface area contributed by atoms with Crippen molar-refractivity contribution >= 4 is 23.2 Å². The third-order valence-corrected chi connectivity index (χ3v) is 5.86. The molecule has 1 aliphatic rings. The quantitative estimate of drug-likeness (QED) is 0.575. The summed E-state index contributed by atoms with van der Waals surface area (Å²) in [5.74, 6) is -1.22. The first kappa shape index (κ1) is 21.4. The minimum atomic E-state index is -4.59. The van der Waals surface area contributed by atoms with Crippen molar-refractivity contribution in [2.75, 3.05) is 11.9 Å². The smallest absolute Gasteiger partial charge is 0.382 e. The zero-order chi connectivity index (χ0) is 21.2. The van der Waals surface area contributed by atoms with Gasteiger partial charge >= 0.3 is 6.18 Å². The van der Waals surface area contributed by atoms with E-state index >= 15 is 0 Å². The maximum absolute atomic E-state index is 13.7. The van der Waals surface area contributed by atoms with E-state index < -0.39 is 17.6 Å². The number of hydrogen-bond acceptors (Lipinski definition) is 2. The van der Waals surface area contributed by atoms with Crippen molar-refractivity contribution in [1.82, 2.24) is 0 Å². The highest BCUT2D eigenvalue weighted by Gasteiger charge is 2.34. The van der Waals surface area contributed by atoms with Crippen molar-refractivity contribution in [3.8, 4) is 0 Å². The maximum Gasteiger partial charge on any atom is 0.416 e. The largest absolute Gasteiger partial charge is 0.416 e. The first-order chi connectivity index (χ1) is 13.7. The number of nitrogens with two attached hydrogens (primary N) is 1. The predicted octanol–water partition coefficient (Wildman–Crippen LogP) is 5.98. The lowest BCUT2D eigenvalue weighted by atomic mass is 9.78. The van der Waals surface area contributed by atoms with Gasteiger partial charge in [-0.2, -0.15) is 13.2 Å². The molecule has 0 atom stereocenters. The normalized spacial score (nSPS) is 19.8. The summed E-state index contributed by atoms with van der Waals surface area (Å²) in [6.45, 7) is 0.580. The Morgan fingerprint density at radius 3 is 2.38 bits per heavy atom. The molecular weight excluding hydrogens is 408 g/mol. The second kappa shape index (κ2) is 8.61. The Kier molecular flexibility index (Phi) is 6.36. The van der Waals surface area contributed by atoms with Crippen LogP contribution < -0.4 is 11.1 Å². The molecule has 0 heterocycles. The lowest BCUT2D eigenvalue weighted by Gasteiger charge is -2.30. The average Bonchev–Trinajstić information content (AvgIpc) is 2.67. The van der Waals surface area contributed by atoms with Gasteiger partial charge in [0.1, 0.15) is 5.82 Å². The number of rotatable bonds is 5. The Bertz CT molecular complexity index is 893. The molecule has 1 aliphatic carbocycles. The molecule has 3 N–H and O–H groups in total. The van der Waals surface area contributed by atoms with E-state index in [2.05, 4.69) is 5.32 Å². The number of carbonyl (C=O) groups is 1. The molecule has 1 saturated carbocycles. The van der Waals surface area contributed by atoms with Crippen LogP contribution in [-0.2, 0) is 6.18 Å². The van der Waals surface area contributed by atoms with Gasteiger partial charge in [0.25, 0.3) is 0 Å². The molecule has 0 aliphatic heterocycles. The summed E-state index contributed by atoms with van der Waals surface area (Å²) < 4.78 is 53.4. The third kappa shape index (κ3) is 5.01. The summed E-state index contributed by atoms with van der Waals surface area (Å²) in [5, 5.41) is 3.09. The van der Waals surface area contributed by atoms with E-state index in [-0.39, 0.29) is 28.2 Å². The minimum Gasteiger partial charge on any atom is -0.382 e. The highest BCUT2D eigenvalue weighted by Crippen LogP contribution is 2.42. The van der Waals surface area contributed by atoms with Crippen molar-refractivity contribution in [2.24, 2.45) is 11.7 Å². The van der Waals surface area contributed by atoms with Crippen LogP contribution in [0, 0.1) is 11.7 Å². The van der Waals surface area contributed by atoms with Crippen molar-refractivity contribution in [1.29, 1.82) is 0 Å². The number of benzene rings is 2. The lowest BCUT2D eigenvalue weighted by Crippen LogP contribution is -2.22. The Morgan fingerprint density at radius 1 is 1.14 bits per heavy atom. The number of primary amides is 1. The number of para-hydroxylation sites is 1. The molecule has 3 nitrogen and oxygen atoms in total. The van der Waals surface area contributed by atoms with Gasteiger partial charge in [0, 0.05) is 6.54 Å². The first-order valence-corrected chi connectivity index (χ1v) is 9.73. The molecule has 0 aromatic heterocycles. The van der Waals surface area contributed by atoms with Crippen LogP contribution in [0.1, 0.15) is 53.1 Å². The van der Waals surface area contributed by atoms with E-state index in [0.29, 0.717) is 36.7 Å². The van der Waals surface area contributed by atoms with E-state index in [4.69, 9.17) is 17.3 Å². The second-order valence-corrected chi connectivity index (χ2v) is 7.75. The number of amides is 1. The molecule has 156 valence electrons. The Hall–Kier alpha value is -2.28. The molecule has 2 aromatic rings. The zero-order valence-corrected chi connectivity index (χ0v) is 16.3. The summed E-state index contributed by atoms with van der Waals surface area (Å²) in [6, 6.07) is 8.13. The van der Waals surface area contributed by atoms with Crippen LogP contribution in [0.5, 0.6) is 0 Å². The summed E-state index contributed by atoms with van der Waals surface area (Å²) in [6.07, 6.45) is -1.83. The predicted molar refractivity (Wildman–Crippen MR) is 105 cm³/mol. The molecule has 2 aromatic carbocycles. The fraction of sp³-hybridized carbons (Fsp3) is 0.381. The van der Waals surface area contributed by atoms with E-state index in [9.17, 15) is 22.4 Å². The Morgan fingerprint density at radius 2 is 1.79 bits per heavy atom. The van der Waals surface area contributed by atoms with Gasteiger partial charge in [-0.05, 0) is 67.3 Å². The average molecular weight is 429 g/mol. The molecule has 29 heavy (non-hydrogen) atoms. The van der Waals surface area contributed by atoms with E-state index in [1.807, 2.05) is 0 Å². The molecule has 1 fully saturated rings. The number of carbonyl (C=O) groups excluding carboxylic acids is 1. The fourth-order valence-corrected chi connectivity index (χ4v) is 4.18. The SMILES string of the molecule is NC(=O)c1cc(C(F)(F)F)cc(C2CCC(CNc3ccccc3F)CC2)c1Cl. The fourth-order valence-electron chi connectivity index (χ4n) is 3.82. The topological polar surface area (TPSA) is 55.1 Å².